The summed E-state index contributed by atoms with van der Waals surface area (Å²) >= 11 is 0. The zero-order valence-electron chi connectivity index (χ0n) is 14.1. The molecule has 0 bridgehead atoms. The fraction of sp³-hybridized carbons (Fsp3) is 0.100. The number of methoxy groups -OCH3 is 1. The molecule has 3 aromatic rings. The number of ether oxygens (including phenoxy) is 5. The Balaban J connectivity index is 1.68. The Morgan fingerprint density at radius 1 is 0.778 bits per heavy atom. The van der Waals surface area contributed by atoms with Crippen LogP contribution in [0.25, 0.3) is 10.8 Å². The van der Waals surface area contributed by atoms with Gasteiger partial charge >= 0.3 is 12.3 Å². The quantitative estimate of drug-likeness (QED) is 0.278. The molecule has 134 valence electrons. The number of carbonyl (C=O) groups is 2. The molecule has 2 heterocycles. The number of benzene rings is 3. The first kappa shape index (κ1) is 15.5. The molecule has 0 saturated heterocycles. The second-order valence-electron chi connectivity index (χ2n) is 6.09. The zero-order chi connectivity index (χ0) is 18.5. The molecule has 0 saturated carbocycles. The molecule has 2 aliphatic heterocycles. The minimum atomic E-state index is -1.13. The fourth-order valence-electron chi connectivity index (χ4n) is 3.38. The van der Waals surface area contributed by atoms with Crippen molar-refractivity contribution in [3.63, 3.8) is 0 Å². The summed E-state index contributed by atoms with van der Waals surface area (Å²) in [4.78, 5) is 23.1. The molecule has 2 aliphatic rings. The number of rotatable bonds is 1. The molecule has 7 heteroatoms. The molecule has 0 amide bonds. The van der Waals surface area contributed by atoms with Gasteiger partial charge in [-0.2, -0.15) is 0 Å². The van der Waals surface area contributed by atoms with Gasteiger partial charge in [0.1, 0.15) is 17.2 Å². The monoisotopic (exact) mass is 364 g/mol. The van der Waals surface area contributed by atoms with E-state index in [-0.39, 0.29) is 11.5 Å². The molecule has 0 aromatic heterocycles. The largest absolute Gasteiger partial charge is 0.524 e. The maximum absolute atomic E-state index is 11.6. The number of hydrogen-bond donors (Lipinski definition) is 0. The highest BCUT2D eigenvalue weighted by Gasteiger charge is 2.28. The van der Waals surface area contributed by atoms with E-state index in [0.717, 1.165) is 28.0 Å². The van der Waals surface area contributed by atoms with Crippen molar-refractivity contribution in [2.45, 2.75) is 6.42 Å². The average Bonchev–Trinajstić information content (AvgIpc) is 2.82. The second kappa shape index (κ2) is 5.63. The van der Waals surface area contributed by atoms with Gasteiger partial charge < -0.3 is 23.7 Å². The van der Waals surface area contributed by atoms with Crippen molar-refractivity contribution in [3.05, 3.63) is 53.6 Å². The summed E-state index contributed by atoms with van der Waals surface area (Å²) < 4.78 is 25.9. The van der Waals surface area contributed by atoms with Gasteiger partial charge in [-0.15, -0.1) is 0 Å². The van der Waals surface area contributed by atoms with E-state index in [4.69, 9.17) is 18.9 Å². The lowest BCUT2D eigenvalue weighted by Gasteiger charge is -2.22. The van der Waals surface area contributed by atoms with Gasteiger partial charge in [0, 0.05) is 22.9 Å². The third-order valence-corrected chi connectivity index (χ3v) is 4.58. The van der Waals surface area contributed by atoms with E-state index in [1.165, 1.54) is 0 Å². The van der Waals surface area contributed by atoms with Crippen LogP contribution in [0, 0.1) is 0 Å². The lowest BCUT2D eigenvalue weighted by molar-refractivity contribution is 0.0999. The summed E-state index contributed by atoms with van der Waals surface area (Å²) in [5, 5.41) is 1.44. The van der Waals surface area contributed by atoms with Crippen LogP contribution < -0.4 is 18.9 Å². The van der Waals surface area contributed by atoms with Crippen molar-refractivity contribution in [1.29, 1.82) is 0 Å². The van der Waals surface area contributed by atoms with Gasteiger partial charge in [-0.25, -0.2) is 9.59 Å². The van der Waals surface area contributed by atoms with E-state index < -0.39 is 12.3 Å². The van der Waals surface area contributed by atoms with E-state index in [1.54, 1.807) is 31.4 Å². The SMILES string of the molecule is COc1ccc2c(c1)Cc1c(ccc3c4c(ccc13)OC(=O)OC(=O)O4)O2. The lowest BCUT2D eigenvalue weighted by atomic mass is 9.94. The van der Waals surface area contributed by atoms with Gasteiger partial charge in [-0.3, -0.25) is 0 Å². The molecule has 0 aliphatic carbocycles. The van der Waals surface area contributed by atoms with Crippen LogP contribution in [0.3, 0.4) is 0 Å². The third kappa shape index (κ3) is 2.43. The summed E-state index contributed by atoms with van der Waals surface area (Å²) in [6.45, 7) is 0. The Labute approximate surface area is 153 Å². The Kier molecular flexibility index (Phi) is 3.24. The minimum absolute atomic E-state index is 0.122. The van der Waals surface area contributed by atoms with Crippen LogP contribution in [0.15, 0.2) is 42.5 Å². The predicted molar refractivity (Wildman–Crippen MR) is 93.0 cm³/mol. The molecule has 0 spiro atoms. The fourth-order valence-corrected chi connectivity index (χ4v) is 3.38. The van der Waals surface area contributed by atoms with Crippen molar-refractivity contribution >= 4 is 23.1 Å². The highest BCUT2D eigenvalue weighted by Crippen LogP contribution is 2.45. The summed E-state index contributed by atoms with van der Waals surface area (Å²) in [6.07, 6.45) is -1.64. The van der Waals surface area contributed by atoms with Crippen molar-refractivity contribution in [1.82, 2.24) is 0 Å². The normalized spacial score (nSPS) is 14.6. The van der Waals surface area contributed by atoms with Crippen LogP contribution in [-0.4, -0.2) is 19.4 Å². The lowest BCUT2D eigenvalue weighted by Crippen LogP contribution is -2.14. The van der Waals surface area contributed by atoms with Crippen LogP contribution in [0.1, 0.15) is 11.1 Å². The first-order valence-corrected chi connectivity index (χ1v) is 8.17. The topological polar surface area (TPSA) is 80.3 Å². The van der Waals surface area contributed by atoms with Gasteiger partial charge in [0.05, 0.1) is 7.11 Å². The average molecular weight is 364 g/mol. The van der Waals surface area contributed by atoms with E-state index in [2.05, 4.69) is 4.74 Å². The molecule has 0 N–H and O–H groups in total. The zero-order valence-corrected chi connectivity index (χ0v) is 14.1. The molecule has 5 rings (SSSR count). The summed E-state index contributed by atoms with van der Waals surface area (Å²) in [6, 6.07) is 12.6. The molecule has 27 heavy (non-hydrogen) atoms. The van der Waals surface area contributed by atoms with Gasteiger partial charge in [0.2, 0.25) is 0 Å². The number of fused-ring (bicyclic) bond motifs is 6. The molecular formula is C20H12O7. The molecule has 0 atom stereocenters. The standard InChI is InChI=1S/C20H12O7/c1-23-11-2-5-15-10(8-11)9-14-12-3-7-17-18(13(12)4-6-16(14)24-15)26-20(22)27-19(21)25-17/h2-8H,9H2,1H3. The molecule has 0 radical (unpaired) electrons. The van der Waals surface area contributed by atoms with E-state index in [0.29, 0.717) is 17.6 Å². The van der Waals surface area contributed by atoms with Crippen molar-refractivity contribution in [2.24, 2.45) is 0 Å². The van der Waals surface area contributed by atoms with E-state index in [9.17, 15) is 9.59 Å². The number of carbonyl (C=O) groups excluding carboxylic acids is 2. The van der Waals surface area contributed by atoms with Crippen LogP contribution in [0.5, 0.6) is 28.7 Å². The molecule has 3 aromatic carbocycles. The molecule has 0 unspecified atom stereocenters. The highest BCUT2D eigenvalue weighted by atomic mass is 16.8. The van der Waals surface area contributed by atoms with E-state index >= 15 is 0 Å². The predicted octanol–water partition coefficient (Wildman–Crippen LogP) is 4.57. The summed E-state index contributed by atoms with van der Waals surface area (Å²) in [5.74, 6) is 2.49. The molecular weight excluding hydrogens is 352 g/mol. The minimum Gasteiger partial charge on any atom is -0.497 e. The first-order chi connectivity index (χ1) is 13.1. The highest BCUT2D eigenvalue weighted by molar-refractivity contribution is 5.98. The molecule has 7 nitrogen and oxygen atoms in total. The molecule has 0 fully saturated rings. The van der Waals surface area contributed by atoms with Crippen molar-refractivity contribution in [3.8, 4) is 28.7 Å². The third-order valence-electron chi connectivity index (χ3n) is 4.58. The smallest absolute Gasteiger partial charge is 0.497 e. The van der Waals surface area contributed by atoms with Crippen LogP contribution in [0.2, 0.25) is 0 Å². The maximum atomic E-state index is 11.6. The van der Waals surface area contributed by atoms with Crippen LogP contribution in [-0.2, 0) is 11.2 Å². The van der Waals surface area contributed by atoms with Crippen molar-refractivity contribution < 1.29 is 33.3 Å². The van der Waals surface area contributed by atoms with Crippen molar-refractivity contribution in [2.75, 3.05) is 7.11 Å². The van der Waals surface area contributed by atoms with Crippen LogP contribution >= 0.6 is 0 Å². The summed E-state index contributed by atoms with van der Waals surface area (Å²) in [7, 11) is 1.61. The Morgan fingerprint density at radius 2 is 1.52 bits per heavy atom. The first-order valence-electron chi connectivity index (χ1n) is 8.17. The number of cyclic esters (lactones) is 2. The summed E-state index contributed by atoms with van der Waals surface area (Å²) in [5.41, 5.74) is 1.92. The van der Waals surface area contributed by atoms with Gasteiger partial charge in [0.15, 0.2) is 11.5 Å². The van der Waals surface area contributed by atoms with Gasteiger partial charge in [0.25, 0.3) is 0 Å². The van der Waals surface area contributed by atoms with Crippen LogP contribution in [0.4, 0.5) is 9.59 Å². The van der Waals surface area contributed by atoms with E-state index in [1.807, 2.05) is 18.2 Å². The maximum Gasteiger partial charge on any atom is 0.524 e. The van der Waals surface area contributed by atoms with Gasteiger partial charge in [-0.1, -0.05) is 0 Å². The second-order valence-corrected chi connectivity index (χ2v) is 6.09. The Hall–Kier alpha value is -3.74. The van der Waals surface area contributed by atoms with Gasteiger partial charge in [-0.05, 0) is 47.9 Å². The Bertz CT molecular complexity index is 1130. The Morgan fingerprint density at radius 3 is 2.37 bits per heavy atom. The number of hydrogen-bond acceptors (Lipinski definition) is 7.